The van der Waals surface area contributed by atoms with Crippen LogP contribution < -0.4 is 11.3 Å². The van der Waals surface area contributed by atoms with Crippen molar-refractivity contribution in [3.63, 3.8) is 0 Å². The van der Waals surface area contributed by atoms with Crippen molar-refractivity contribution < 1.29 is 4.39 Å². The van der Waals surface area contributed by atoms with Crippen LogP contribution in [0.15, 0.2) is 28.7 Å². The number of aromatic nitrogens is 2. The molecule has 0 bridgehead atoms. The van der Waals surface area contributed by atoms with Crippen LogP contribution in [-0.4, -0.2) is 9.78 Å². The van der Waals surface area contributed by atoms with E-state index in [2.05, 4.69) is 26.5 Å². The van der Waals surface area contributed by atoms with E-state index in [0.717, 1.165) is 23.5 Å². The summed E-state index contributed by atoms with van der Waals surface area (Å²) in [5.74, 6) is 5.36. The maximum atomic E-state index is 13.6. The van der Waals surface area contributed by atoms with E-state index in [4.69, 9.17) is 5.84 Å². The summed E-state index contributed by atoms with van der Waals surface area (Å²) in [6.07, 6.45) is 0.646. The van der Waals surface area contributed by atoms with Crippen LogP contribution in [0.5, 0.6) is 0 Å². The number of hydrazine groups is 1. The summed E-state index contributed by atoms with van der Waals surface area (Å²) >= 11 is 3.28. The van der Waals surface area contributed by atoms with Crippen molar-refractivity contribution >= 4 is 15.9 Å². The van der Waals surface area contributed by atoms with Gasteiger partial charge in [0, 0.05) is 18.7 Å². The minimum Gasteiger partial charge on any atom is -0.271 e. The molecule has 108 valence electrons. The van der Waals surface area contributed by atoms with Crippen molar-refractivity contribution in [2.24, 2.45) is 5.84 Å². The Balaban J connectivity index is 2.31. The smallest absolute Gasteiger partial charge is 0.137 e. The molecule has 1 atom stereocenters. The predicted octanol–water partition coefficient (Wildman–Crippen LogP) is 2.86. The van der Waals surface area contributed by atoms with Gasteiger partial charge in [0.15, 0.2) is 0 Å². The maximum absolute atomic E-state index is 13.6. The van der Waals surface area contributed by atoms with Crippen molar-refractivity contribution in [3.8, 4) is 0 Å². The molecule has 0 spiro atoms. The molecule has 0 saturated heterocycles. The first-order chi connectivity index (χ1) is 9.56. The average Bonchev–Trinajstić information content (AvgIpc) is 2.79. The van der Waals surface area contributed by atoms with Crippen LogP contribution in [-0.2, 0) is 13.0 Å². The van der Waals surface area contributed by atoms with Gasteiger partial charge in [0.25, 0.3) is 0 Å². The fourth-order valence-corrected chi connectivity index (χ4v) is 2.84. The molecule has 0 aliphatic rings. The number of nitrogens with zero attached hydrogens (tertiary/aromatic N) is 2. The summed E-state index contributed by atoms with van der Waals surface area (Å²) in [6.45, 7) is 4.79. The zero-order valence-electron chi connectivity index (χ0n) is 11.5. The molecule has 0 aliphatic carbocycles. The second-order valence-corrected chi connectivity index (χ2v) is 5.45. The molecular weight excluding hydrogens is 323 g/mol. The van der Waals surface area contributed by atoms with Crippen LogP contribution in [0.1, 0.15) is 29.9 Å². The van der Waals surface area contributed by atoms with E-state index >= 15 is 0 Å². The fourth-order valence-electron chi connectivity index (χ4n) is 2.29. The molecule has 0 amide bonds. The lowest BCUT2D eigenvalue weighted by molar-refractivity contribution is 0.510. The van der Waals surface area contributed by atoms with Crippen molar-refractivity contribution in [2.75, 3.05) is 0 Å². The summed E-state index contributed by atoms with van der Waals surface area (Å²) in [4.78, 5) is 0. The predicted molar refractivity (Wildman–Crippen MR) is 80.5 cm³/mol. The van der Waals surface area contributed by atoms with Gasteiger partial charge in [-0.1, -0.05) is 12.1 Å². The Kier molecular flexibility index (Phi) is 4.91. The number of hydrogen-bond donors (Lipinski definition) is 2. The van der Waals surface area contributed by atoms with Gasteiger partial charge in [-0.05, 0) is 47.5 Å². The van der Waals surface area contributed by atoms with E-state index in [9.17, 15) is 4.39 Å². The Bertz CT molecular complexity index is 597. The third-order valence-corrected chi connectivity index (χ3v) is 4.09. The van der Waals surface area contributed by atoms with Crippen molar-refractivity contribution in [1.29, 1.82) is 0 Å². The van der Waals surface area contributed by atoms with E-state index in [1.807, 2.05) is 30.7 Å². The van der Waals surface area contributed by atoms with E-state index in [0.29, 0.717) is 10.9 Å². The highest BCUT2D eigenvalue weighted by atomic mass is 79.9. The molecule has 2 aromatic rings. The first kappa shape index (κ1) is 15.2. The molecule has 3 N–H and O–H groups in total. The first-order valence-electron chi connectivity index (χ1n) is 6.50. The first-order valence-corrected chi connectivity index (χ1v) is 7.29. The molecule has 1 heterocycles. The zero-order valence-corrected chi connectivity index (χ0v) is 13.1. The molecule has 1 unspecified atom stereocenters. The van der Waals surface area contributed by atoms with Crippen molar-refractivity contribution in [3.05, 3.63) is 51.5 Å². The number of nitrogens with two attached hydrogens (primary N) is 1. The van der Waals surface area contributed by atoms with Crippen LogP contribution >= 0.6 is 15.9 Å². The topological polar surface area (TPSA) is 55.9 Å². The molecule has 0 fully saturated rings. The van der Waals surface area contributed by atoms with Gasteiger partial charge < -0.3 is 0 Å². The minimum absolute atomic E-state index is 0.179. The van der Waals surface area contributed by atoms with Gasteiger partial charge in [-0.3, -0.25) is 16.0 Å². The lowest BCUT2D eigenvalue weighted by Gasteiger charge is -2.18. The molecule has 0 saturated carbocycles. The molecule has 6 heteroatoms. The molecule has 1 aromatic carbocycles. The van der Waals surface area contributed by atoms with Gasteiger partial charge in [-0.25, -0.2) is 4.39 Å². The Morgan fingerprint density at radius 3 is 2.90 bits per heavy atom. The fraction of sp³-hybridized carbons (Fsp3) is 0.357. The van der Waals surface area contributed by atoms with Gasteiger partial charge >= 0.3 is 0 Å². The van der Waals surface area contributed by atoms with Gasteiger partial charge in [-0.2, -0.15) is 5.10 Å². The van der Waals surface area contributed by atoms with Gasteiger partial charge in [0.05, 0.1) is 16.2 Å². The summed E-state index contributed by atoms with van der Waals surface area (Å²) in [5.41, 5.74) is 5.60. The summed E-state index contributed by atoms with van der Waals surface area (Å²) in [6, 6.07) is 6.81. The highest BCUT2D eigenvalue weighted by Gasteiger charge is 2.18. The van der Waals surface area contributed by atoms with E-state index in [1.165, 1.54) is 6.07 Å². The van der Waals surface area contributed by atoms with Crippen LogP contribution in [0, 0.1) is 12.7 Å². The van der Waals surface area contributed by atoms with E-state index in [1.54, 1.807) is 6.07 Å². The number of halogens is 2. The highest BCUT2D eigenvalue weighted by molar-refractivity contribution is 9.10. The molecule has 20 heavy (non-hydrogen) atoms. The Morgan fingerprint density at radius 1 is 1.50 bits per heavy atom. The Hall–Kier alpha value is -1.24. The molecule has 4 nitrogen and oxygen atoms in total. The molecular formula is C14H18BrFN4. The Labute approximate surface area is 126 Å². The van der Waals surface area contributed by atoms with Gasteiger partial charge in [0.2, 0.25) is 0 Å². The van der Waals surface area contributed by atoms with Gasteiger partial charge in [0.1, 0.15) is 5.82 Å². The zero-order chi connectivity index (χ0) is 14.7. The molecule has 0 aliphatic heterocycles. The standard InChI is InChI=1S/C14H18BrFN4/c1-3-20-10(7-9(2)19-20)8-13(18-17)11-5-4-6-12(16)14(11)15/h4-7,13,18H,3,8,17H2,1-2H3. The van der Waals surface area contributed by atoms with E-state index < -0.39 is 0 Å². The second kappa shape index (κ2) is 6.47. The van der Waals surface area contributed by atoms with Gasteiger partial charge in [-0.15, -0.1) is 0 Å². The van der Waals surface area contributed by atoms with Crippen molar-refractivity contribution in [1.82, 2.24) is 15.2 Å². The quantitative estimate of drug-likeness (QED) is 0.650. The van der Waals surface area contributed by atoms with Crippen LogP contribution in [0.25, 0.3) is 0 Å². The largest absolute Gasteiger partial charge is 0.271 e. The molecule has 1 aromatic heterocycles. The summed E-state index contributed by atoms with van der Waals surface area (Å²) < 4.78 is 16.0. The lowest BCUT2D eigenvalue weighted by Crippen LogP contribution is -2.30. The van der Waals surface area contributed by atoms with Crippen molar-refractivity contribution in [2.45, 2.75) is 32.9 Å². The van der Waals surface area contributed by atoms with E-state index in [-0.39, 0.29) is 11.9 Å². The molecule has 2 rings (SSSR count). The number of aryl methyl sites for hydroxylation is 2. The SMILES string of the molecule is CCn1nc(C)cc1CC(NN)c1cccc(F)c1Br. The lowest BCUT2D eigenvalue weighted by atomic mass is 10.0. The number of rotatable bonds is 5. The normalized spacial score (nSPS) is 12.7. The highest BCUT2D eigenvalue weighted by Crippen LogP contribution is 2.28. The Morgan fingerprint density at radius 2 is 2.25 bits per heavy atom. The second-order valence-electron chi connectivity index (χ2n) is 4.66. The molecule has 0 radical (unpaired) electrons. The monoisotopic (exact) mass is 340 g/mol. The minimum atomic E-state index is -0.289. The number of nitrogens with one attached hydrogen (secondary N) is 1. The van der Waals surface area contributed by atoms with Crippen LogP contribution in [0.3, 0.4) is 0 Å². The maximum Gasteiger partial charge on any atom is 0.137 e. The third-order valence-electron chi connectivity index (χ3n) is 3.26. The number of benzene rings is 1. The number of hydrogen-bond acceptors (Lipinski definition) is 3. The summed E-state index contributed by atoms with van der Waals surface area (Å²) in [5, 5.41) is 4.41. The summed E-state index contributed by atoms with van der Waals surface area (Å²) in [7, 11) is 0. The third kappa shape index (κ3) is 3.08. The average molecular weight is 341 g/mol. The van der Waals surface area contributed by atoms with Crippen LogP contribution in [0.2, 0.25) is 0 Å². The van der Waals surface area contributed by atoms with Crippen LogP contribution in [0.4, 0.5) is 4.39 Å².